The third kappa shape index (κ3) is 2.02. The van der Waals surface area contributed by atoms with Gasteiger partial charge >= 0.3 is 0 Å². The van der Waals surface area contributed by atoms with E-state index in [4.69, 9.17) is 4.74 Å². The topological polar surface area (TPSA) is 46.5 Å². The third-order valence-corrected chi connectivity index (χ3v) is 7.14. The van der Waals surface area contributed by atoms with E-state index < -0.39 is 5.60 Å². The maximum absolute atomic E-state index is 11.9. The molecular formula is C20H26O3. The van der Waals surface area contributed by atoms with Gasteiger partial charge in [-0.1, -0.05) is 19.1 Å². The van der Waals surface area contributed by atoms with E-state index in [9.17, 15) is 9.90 Å². The first-order chi connectivity index (χ1) is 11.0. The number of aliphatic hydroxyl groups is 1. The predicted molar refractivity (Wildman–Crippen MR) is 88.7 cm³/mol. The molecule has 3 heteroatoms. The number of rotatable bonds is 1. The van der Waals surface area contributed by atoms with Gasteiger partial charge in [0, 0.05) is 18.3 Å². The van der Waals surface area contributed by atoms with Crippen LogP contribution in [0, 0.1) is 11.3 Å². The Morgan fingerprint density at radius 3 is 2.83 bits per heavy atom. The number of fused-ring (bicyclic) bond motifs is 5. The molecule has 1 N–H and O–H groups in total. The van der Waals surface area contributed by atoms with Gasteiger partial charge < -0.3 is 9.84 Å². The van der Waals surface area contributed by atoms with Crippen LogP contribution in [0.1, 0.15) is 62.5 Å². The van der Waals surface area contributed by atoms with Crippen molar-refractivity contribution in [3.8, 4) is 5.75 Å². The van der Waals surface area contributed by atoms with E-state index in [0.29, 0.717) is 24.7 Å². The Morgan fingerprint density at radius 2 is 2.04 bits per heavy atom. The van der Waals surface area contributed by atoms with E-state index in [1.807, 2.05) is 0 Å². The molecule has 0 spiro atoms. The normalized spacial score (nSPS) is 39.2. The van der Waals surface area contributed by atoms with Crippen molar-refractivity contribution in [1.82, 2.24) is 0 Å². The molecule has 4 unspecified atom stereocenters. The molecule has 2 fully saturated rings. The highest BCUT2D eigenvalue weighted by Gasteiger charge is 2.59. The highest BCUT2D eigenvalue weighted by Crippen LogP contribution is 2.62. The van der Waals surface area contributed by atoms with Crippen molar-refractivity contribution in [2.75, 3.05) is 7.11 Å². The summed E-state index contributed by atoms with van der Waals surface area (Å²) in [6.45, 7) is 2.24. The lowest BCUT2D eigenvalue weighted by Crippen LogP contribution is -2.59. The Labute approximate surface area is 138 Å². The van der Waals surface area contributed by atoms with E-state index in [1.54, 1.807) is 7.11 Å². The molecule has 4 rings (SSSR count). The molecule has 0 amide bonds. The van der Waals surface area contributed by atoms with E-state index in [2.05, 4.69) is 25.1 Å². The first kappa shape index (κ1) is 15.2. The molecule has 0 saturated heterocycles. The van der Waals surface area contributed by atoms with Crippen molar-refractivity contribution in [2.45, 2.75) is 63.4 Å². The van der Waals surface area contributed by atoms with Crippen molar-refractivity contribution in [3.05, 3.63) is 29.3 Å². The first-order valence-corrected chi connectivity index (χ1v) is 8.88. The predicted octanol–water partition coefficient (Wildman–Crippen LogP) is 3.63. The van der Waals surface area contributed by atoms with Crippen molar-refractivity contribution in [1.29, 1.82) is 0 Å². The van der Waals surface area contributed by atoms with Gasteiger partial charge in [0.25, 0.3) is 0 Å². The minimum Gasteiger partial charge on any atom is -0.496 e. The van der Waals surface area contributed by atoms with Gasteiger partial charge in [-0.25, -0.2) is 0 Å². The average molecular weight is 314 g/mol. The van der Waals surface area contributed by atoms with Crippen molar-refractivity contribution in [3.63, 3.8) is 0 Å². The van der Waals surface area contributed by atoms with Gasteiger partial charge in [0.15, 0.2) is 0 Å². The molecule has 124 valence electrons. The Morgan fingerprint density at radius 1 is 1.22 bits per heavy atom. The number of hydrogen-bond acceptors (Lipinski definition) is 3. The maximum Gasteiger partial charge on any atom is 0.135 e. The van der Waals surface area contributed by atoms with Crippen molar-refractivity contribution < 1.29 is 14.6 Å². The van der Waals surface area contributed by atoms with Crippen LogP contribution in [0.4, 0.5) is 0 Å². The fourth-order valence-electron chi connectivity index (χ4n) is 5.77. The summed E-state index contributed by atoms with van der Waals surface area (Å²) in [5, 5.41) is 11.3. The number of hydrogen-bond donors (Lipinski definition) is 1. The fraction of sp³-hybridized carbons (Fsp3) is 0.650. The van der Waals surface area contributed by atoms with Crippen LogP contribution in [0.3, 0.4) is 0 Å². The maximum atomic E-state index is 11.9. The molecule has 0 heterocycles. The summed E-state index contributed by atoms with van der Waals surface area (Å²) in [4.78, 5) is 11.9. The lowest BCUT2D eigenvalue weighted by molar-refractivity contribution is -0.176. The van der Waals surface area contributed by atoms with E-state index in [1.165, 1.54) is 11.1 Å². The zero-order valence-electron chi connectivity index (χ0n) is 14.1. The zero-order valence-corrected chi connectivity index (χ0v) is 14.1. The fourth-order valence-corrected chi connectivity index (χ4v) is 5.77. The molecule has 1 aromatic rings. The number of Topliss-reactive ketones (excluding diaryl/α,β-unsaturated/α-hetero) is 1. The Bertz CT molecular complexity index is 652. The van der Waals surface area contributed by atoms with Gasteiger partial charge in [-0.05, 0) is 61.1 Å². The van der Waals surface area contributed by atoms with Crippen LogP contribution in [-0.4, -0.2) is 23.6 Å². The summed E-state index contributed by atoms with van der Waals surface area (Å²) in [5.41, 5.74) is 1.85. The first-order valence-electron chi connectivity index (χ1n) is 8.88. The summed E-state index contributed by atoms with van der Waals surface area (Å²) in [6.07, 6.45) is 5.65. The Balaban J connectivity index is 1.75. The highest BCUT2D eigenvalue weighted by molar-refractivity contribution is 5.80. The van der Waals surface area contributed by atoms with E-state index in [0.717, 1.165) is 37.9 Å². The zero-order chi connectivity index (χ0) is 16.2. The number of carbonyl (C=O) groups excluding carboxylic acids is 1. The van der Waals surface area contributed by atoms with Crippen molar-refractivity contribution in [2.24, 2.45) is 11.3 Å². The summed E-state index contributed by atoms with van der Waals surface area (Å²) in [5.74, 6) is 2.20. The lowest BCUT2D eigenvalue weighted by Gasteiger charge is -2.59. The number of ketones is 1. The van der Waals surface area contributed by atoms with Crippen LogP contribution in [0.2, 0.25) is 0 Å². The number of ether oxygens (including phenoxy) is 1. The Kier molecular flexibility index (Phi) is 3.35. The molecule has 1 aromatic carbocycles. The van der Waals surface area contributed by atoms with Gasteiger partial charge in [0.2, 0.25) is 0 Å². The second-order valence-electron chi connectivity index (χ2n) is 7.98. The van der Waals surface area contributed by atoms with Crippen LogP contribution < -0.4 is 4.74 Å². The van der Waals surface area contributed by atoms with E-state index in [-0.39, 0.29) is 11.2 Å². The van der Waals surface area contributed by atoms with Crippen LogP contribution in [-0.2, 0) is 11.2 Å². The second kappa shape index (κ2) is 5.07. The quantitative estimate of drug-likeness (QED) is 0.861. The van der Waals surface area contributed by atoms with Crippen molar-refractivity contribution >= 4 is 5.78 Å². The molecule has 0 bridgehead atoms. The van der Waals surface area contributed by atoms with Gasteiger partial charge in [0.1, 0.15) is 11.5 Å². The molecule has 4 atom stereocenters. The SMILES string of the molecule is COc1cccc2c1CCC1C2CCC2(O)CC(=O)CCC12C. The Hall–Kier alpha value is -1.35. The minimum atomic E-state index is -0.792. The molecule has 0 aromatic heterocycles. The van der Waals surface area contributed by atoms with Gasteiger partial charge in [-0.2, -0.15) is 0 Å². The average Bonchev–Trinajstić information content (AvgIpc) is 2.55. The molecule has 3 aliphatic rings. The summed E-state index contributed by atoms with van der Waals surface area (Å²) in [6, 6.07) is 6.39. The standard InChI is InChI=1S/C20H26O3/c1-19-10-8-13(21)12-20(19,22)11-9-15-14-4-3-5-18(23-2)16(14)6-7-17(15)19/h3-5,15,17,22H,6-12H2,1-2H3. The molecule has 2 saturated carbocycles. The van der Waals surface area contributed by atoms with Gasteiger partial charge in [-0.3, -0.25) is 4.79 Å². The number of methoxy groups -OCH3 is 1. The molecule has 3 aliphatic carbocycles. The third-order valence-electron chi connectivity index (χ3n) is 7.14. The summed E-state index contributed by atoms with van der Waals surface area (Å²) in [7, 11) is 1.75. The van der Waals surface area contributed by atoms with Gasteiger partial charge in [0.05, 0.1) is 12.7 Å². The highest BCUT2D eigenvalue weighted by atomic mass is 16.5. The summed E-state index contributed by atoms with van der Waals surface area (Å²) >= 11 is 0. The molecule has 0 radical (unpaired) electrons. The van der Waals surface area contributed by atoms with E-state index >= 15 is 0 Å². The summed E-state index contributed by atoms with van der Waals surface area (Å²) < 4.78 is 5.56. The lowest BCUT2D eigenvalue weighted by atomic mass is 9.47. The monoisotopic (exact) mass is 314 g/mol. The van der Waals surface area contributed by atoms with Crippen LogP contribution in [0.5, 0.6) is 5.75 Å². The molecule has 0 aliphatic heterocycles. The van der Waals surface area contributed by atoms with Crippen LogP contribution >= 0.6 is 0 Å². The minimum absolute atomic E-state index is 0.134. The number of carbonyl (C=O) groups is 1. The smallest absolute Gasteiger partial charge is 0.135 e. The molecule has 3 nitrogen and oxygen atoms in total. The molecule has 23 heavy (non-hydrogen) atoms. The largest absolute Gasteiger partial charge is 0.496 e. The molecular weight excluding hydrogens is 288 g/mol. The number of benzene rings is 1. The second-order valence-corrected chi connectivity index (χ2v) is 7.98. The van der Waals surface area contributed by atoms with Crippen LogP contribution in [0.15, 0.2) is 18.2 Å². The van der Waals surface area contributed by atoms with Gasteiger partial charge in [-0.15, -0.1) is 0 Å². The van der Waals surface area contributed by atoms with Crippen LogP contribution in [0.25, 0.3) is 0 Å².